The summed E-state index contributed by atoms with van der Waals surface area (Å²) in [6.07, 6.45) is 1.39. The first kappa shape index (κ1) is 17.2. The van der Waals surface area contributed by atoms with E-state index < -0.39 is 0 Å². The minimum Gasteiger partial charge on any atom is -0.507 e. The Bertz CT molecular complexity index is 721. The number of hydrogen-bond acceptors (Lipinski definition) is 5. The molecule has 0 saturated heterocycles. The second-order valence-corrected chi connectivity index (χ2v) is 5.91. The van der Waals surface area contributed by atoms with E-state index in [0.29, 0.717) is 27.3 Å². The number of thioether (sulfide) groups is 1. The van der Waals surface area contributed by atoms with Gasteiger partial charge in [-0.25, -0.2) is 0 Å². The topological polar surface area (TPSA) is 80.2 Å². The van der Waals surface area contributed by atoms with E-state index in [1.54, 1.807) is 6.07 Å². The van der Waals surface area contributed by atoms with Gasteiger partial charge in [-0.3, -0.25) is 0 Å². The van der Waals surface area contributed by atoms with Crippen molar-refractivity contribution in [2.24, 2.45) is 15.9 Å². The molecule has 0 radical (unpaired) electrons. The molecule has 7 heteroatoms. The first-order valence-electron chi connectivity index (χ1n) is 6.70. The highest BCUT2D eigenvalue weighted by molar-refractivity contribution is 8.13. The standard InChI is InChI=1S/C16H16ClN3O2S/c1-22-15-8-14(21)12(7-13(15)17)9-19-20-16(18)23-10-11-5-3-2-4-6-11/h2-9,21H,10H2,1H3,(H2,18,20). The Morgan fingerprint density at radius 2 is 2.09 bits per heavy atom. The monoisotopic (exact) mass is 349 g/mol. The Morgan fingerprint density at radius 1 is 1.35 bits per heavy atom. The zero-order valence-electron chi connectivity index (χ0n) is 12.4. The summed E-state index contributed by atoms with van der Waals surface area (Å²) >= 11 is 7.38. The lowest BCUT2D eigenvalue weighted by atomic mass is 10.2. The maximum absolute atomic E-state index is 9.85. The lowest BCUT2D eigenvalue weighted by Gasteiger charge is -2.05. The number of amidine groups is 1. The number of benzene rings is 2. The van der Waals surface area contributed by atoms with Crippen molar-refractivity contribution in [2.45, 2.75) is 5.75 Å². The molecule has 5 nitrogen and oxygen atoms in total. The van der Waals surface area contributed by atoms with Crippen molar-refractivity contribution in [3.8, 4) is 11.5 Å². The number of methoxy groups -OCH3 is 1. The highest BCUT2D eigenvalue weighted by Crippen LogP contribution is 2.30. The molecule has 0 heterocycles. The Hall–Kier alpha value is -2.18. The maximum atomic E-state index is 9.85. The van der Waals surface area contributed by atoms with E-state index in [1.807, 2.05) is 30.3 Å². The highest BCUT2D eigenvalue weighted by atomic mass is 35.5. The zero-order chi connectivity index (χ0) is 16.7. The number of rotatable bonds is 5. The minimum absolute atomic E-state index is 0.000657. The van der Waals surface area contributed by atoms with Gasteiger partial charge in [-0.1, -0.05) is 53.7 Å². The van der Waals surface area contributed by atoms with E-state index in [9.17, 15) is 5.11 Å². The van der Waals surface area contributed by atoms with E-state index in [0.717, 1.165) is 5.56 Å². The molecule has 0 bridgehead atoms. The van der Waals surface area contributed by atoms with Gasteiger partial charge in [0.15, 0.2) is 5.17 Å². The Kier molecular flexibility index (Phi) is 6.31. The molecule has 0 fully saturated rings. The summed E-state index contributed by atoms with van der Waals surface area (Å²) in [4.78, 5) is 0. The SMILES string of the molecule is COc1cc(O)c(C=NN=C(N)SCc2ccccc2)cc1Cl. The first-order valence-corrected chi connectivity index (χ1v) is 8.06. The van der Waals surface area contributed by atoms with Crippen LogP contribution in [0.4, 0.5) is 0 Å². The van der Waals surface area contributed by atoms with Gasteiger partial charge in [-0.15, -0.1) is 5.10 Å². The third-order valence-electron chi connectivity index (χ3n) is 2.88. The molecule has 3 N–H and O–H groups in total. The summed E-state index contributed by atoms with van der Waals surface area (Å²) in [7, 11) is 1.48. The van der Waals surface area contributed by atoms with Crippen molar-refractivity contribution in [2.75, 3.05) is 7.11 Å². The summed E-state index contributed by atoms with van der Waals surface area (Å²) < 4.78 is 5.01. The van der Waals surface area contributed by atoms with Crippen LogP contribution in [0.5, 0.6) is 11.5 Å². The molecular formula is C16H16ClN3O2S. The molecule has 0 aliphatic carbocycles. The Morgan fingerprint density at radius 3 is 2.78 bits per heavy atom. The summed E-state index contributed by atoms with van der Waals surface area (Å²) in [5, 5.41) is 18.3. The number of nitrogens with two attached hydrogens (primary N) is 1. The van der Waals surface area contributed by atoms with Crippen molar-refractivity contribution in [1.82, 2.24) is 0 Å². The van der Waals surface area contributed by atoms with Gasteiger partial charge in [-0.2, -0.15) is 5.10 Å². The second kappa shape index (κ2) is 8.45. The largest absolute Gasteiger partial charge is 0.507 e. The third-order valence-corrected chi connectivity index (χ3v) is 4.03. The molecular weight excluding hydrogens is 334 g/mol. The number of phenolic OH excluding ortho intramolecular Hbond substituents is 1. The van der Waals surface area contributed by atoms with Crippen LogP contribution < -0.4 is 10.5 Å². The second-order valence-electron chi connectivity index (χ2n) is 4.50. The summed E-state index contributed by atoms with van der Waals surface area (Å²) in [5.41, 5.74) is 7.37. The molecule has 2 aromatic carbocycles. The van der Waals surface area contributed by atoms with Gasteiger partial charge in [0, 0.05) is 17.4 Å². The van der Waals surface area contributed by atoms with Gasteiger partial charge in [0.25, 0.3) is 0 Å². The molecule has 0 saturated carbocycles. The molecule has 0 atom stereocenters. The van der Waals surface area contributed by atoms with E-state index in [4.69, 9.17) is 22.1 Å². The van der Waals surface area contributed by atoms with E-state index in [2.05, 4.69) is 10.2 Å². The molecule has 2 aromatic rings. The minimum atomic E-state index is 0.000657. The van der Waals surface area contributed by atoms with Crippen LogP contribution in [0.1, 0.15) is 11.1 Å². The van der Waals surface area contributed by atoms with Crippen LogP contribution in [0.3, 0.4) is 0 Å². The molecule has 0 amide bonds. The fourth-order valence-electron chi connectivity index (χ4n) is 1.73. The van der Waals surface area contributed by atoms with Gasteiger partial charge in [0.2, 0.25) is 0 Å². The third kappa shape index (κ3) is 5.19. The van der Waals surface area contributed by atoms with Crippen LogP contribution >= 0.6 is 23.4 Å². The molecule has 120 valence electrons. The predicted molar refractivity (Wildman–Crippen MR) is 96.6 cm³/mol. The van der Waals surface area contributed by atoms with Gasteiger partial charge >= 0.3 is 0 Å². The molecule has 0 aliphatic heterocycles. The van der Waals surface area contributed by atoms with E-state index in [1.165, 1.54) is 31.2 Å². The van der Waals surface area contributed by atoms with E-state index >= 15 is 0 Å². The van der Waals surface area contributed by atoms with Crippen molar-refractivity contribution in [3.05, 3.63) is 58.6 Å². The quantitative estimate of drug-likeness (QED) is 0.490. The van der Waals surface area contributed by atoms with Gasteiger partial charge in [0.1, 0.15) is 11.5 Å². The number of phenols is 1. The molecule has 23 heavy (non-hydrogen) atoms. The number of halogens is 1. The number of nitrogens with zero attached hydrogens (tertiary/aromatic N) is 2. The Labute approximate surface area is 143 Å². The maximum Gasteiger partial charge on any atom is 0.180 e. The fraction of sp³-hybridized carbons (Fsp3) is 0.125. The van der Waals surface area contributed by atoms with Crippen molar-refractivity contribution in [1.29, 1.82) is 0 Å². The van der Waals surface area contributed by atoms with Crippen LogP contribution in [-0.2, 0) is 5.75 Å². The molecule has 0 aliphatic rings. The molecule has 0 spiro atoms. The van der Waals surface area contributed by atoms with Crippen LogP contribution in [0.2, 0.25) is 5.02 Å². The lowest BCUT2D eigenvalue weighted by Crippen LogP contribution is -2.06. The molecule has 2 rings (SSSR count). The first-order chi connectivity index (χ1) is 11.1. The van der Waals surface area contributed by atoms with E-state index in [-0.39, 0.29) is 5.75 Å². The average Bonchev–Trinajstić information content (AvgIpc) is 2.56. The van der Waals surface area contributed by atoms with Crippen LogP contribution in [0.25, 0.3) is 0 Å². The average molecular weight is 350 g/mol. The van der Waals surface area contributed by atoms with Crippen LogP contribution in [-0.4, -0.2) is 23.6 Å². The fourth-order valence-corrected chi connectivity index (χ4v) is 2.59. The normalized spacial score (nSPS) is 11.8. The number of hydrogen-bond donors (Lipinski definition) is 2. The van der Waals surface area contributed by atoms with Crippen LogP contribution in [0.15, 0.2) is 52.7 Å². The van der Waals surface area contributed by atoms with Gasteiger partial charge in [0.05, 0.1) is 18.3 Å². The van der Waals surface area contributed by atoms with Crippen molar-refractivity contribution in [3.63, 3.8) is 0 Å². The number of aromatic hydroxyl groups is 1. The summed E-state index contributed by atoms with van der Waals surface area (Å²) in [6.45, 7) is 0. The van der Waals surface area contributed by atoms with Crippen molar-refractivity contribution >= 4 is 34.7 Å². The number of ether oxygens (including phenoxy) is 1. The van der Waals surface area contributed by atoms with Crippen molar-refractivity contribution < 1.29 is 9.84 Å². The molecule has 0 aromatic heterocycles. The predicted octanol–water partition coefficient (Wildman–Crippen LogP) is 3.64. The highest BCUT2D eigenvalue weighted by Gasteiger charge is 2.06. The van der Waals surface area contributed by atoms with Gasteiger partial charge in [-0.05, 0) is 11.6 Å². The Balaban J connectivity index is 1.98. The van der Waals surface area contributed by atoms with Crippen LogP contribution in [0, 0.1) is 0 Å². The zero-order valence-corrected chi connectivity index (χ0v) is 14.0. The molecule has 0 unspecified atom stereocenters. The lowest BCUT2D eigenvalue weighted by molar-refractivity contribution is 0.408. The smallest absolute Gasteiger partial charge is 0.180 e. The summed E-state index contributed by atoms with van der Waals surface area (Å²) in [6, 6.07) is 12.9. The summed E-state index contributed by atoms with van der Waals surface area (Å²) in [5.74, 6) is 1.11. The van der Waals surface area contributed by atoms with Gasteiger partial charge < -0.3 is 15.6 Å².